The Bertz CT molecular complexity index is 1130. The molecule has 0 aromatic heterocycles. The number of carboxylic acids is 1. The van der Waals surface area contributed by atoms with Crippen LogP contribution in [0, 0.1) is 10.8 Å². The summed E-state index contributed by atoms with van der Waals surface area (Å²) in [5, 5.41) is 39.1. The molecular formula is C27H37N3O8. The summed E-state index contributed by atoms with van der Waals surface area (Å²) >= 11 is 0. The fourth-order valence-electron chi connectivity index (χ4n) is 5.22. The first-order valence-electron chi connectivity index (χ1n) is 12.7. The van der Waals surface area contributed by atoms with Gasteiger partial charge in [-0.15, -0.1) is 0 Å². The van der Waals surface area contributed by atoms with Crippen molar-refractivity contribution in [3.63, 3.8) is 0 Å². The molecule has 1 unspecified atom stereocenters. The SMILES string of the molecule is COc1ccc([C@@H]2CN(C(=O)[C@@H](O)CO)C[C@@]2(C)[C@@H](C)O)cc1OC1CN(C2=NCC(C)(C(=O)O)C=C2)C1. The van der Waals surface area contributed by atoms with Gasteiger partial charge in [0.25, 0.3) is 5.91 Å². The lowest BCUT2D eigenvalue weighted by atomic mass is 9.72. The summed E-state index contributed by atoms with van der Waals surface area (Å²) < 4.78 is 11.8. The number of aliphatic imine (C=N–C) groups is 1. The zero-order chi connectivity index (χ0) is 27.8. The van der Waals surface area contributed by atoms with Gasteiger partial charge in [-0.1, -0.05) is 19.1 Å². The number of aliphatic hydroxyl groups is 3. The van der Waals surface area contributed by atoms with E-state index >= 15 is 0 Å². The number of rotatable bonds is 8. The molecule has 4 N–H and O–H groups in total. The number of hydrogen-bond acceptors (Lipinski definition) is 9. The predicted molar refractivity (Wildman–Crippen MR) is 138 cm³/mol. The fraction of sp³-hybridized carbons (Fsp3) is 0.593. The Labute approximate surface area is 222 Å². The Morgan fingerprint density at radius 1 is 1.18 bits per heavy atom. The highest BCUT2D eigenvalue weighted by atomic mass is 16.5. The summed E-state index contributed by atoms with van der Waals surface area (Å²) in [5.74, 6) is 0.123. The van der Waals surface area contributed by atoms with Crippen molar-refractivity contribution in [2.24, 2.45) is 15.8 Å². The van der Waals surface area contributed by atoms with E-state index in [4.69, 9.17) is 9.47 Å². The highest BCUT2D eigenvalue weighted by Crippen LogP contribution is 2.47. The Kier molecular flexibility index (Phi) is 7.74. The van der Waals surface area contributed by atoms with Gasteiger partial charge in [-0.3, -0.25) is 14.6 Å². The minimum absolute atomic E-state index is 0.132. The molecule has 2 saturated heterocycles. The number of ether oxygens (including phenoxy) is 2. The van der Waals surface area contributed by atoms with Crippen LogP contribution in [0.1, 0.15) is 32.3 Å². The largest absolute Gasteiger partial charge is 0.493 e. The van der Waals surface area contributed by atoms with Gasteiger partial charge < -0.3 is 39.7 Å². The number of benzene rings is 1. The molecule has 0 radical (unpaired) electrons. The monoisotopic (exact) mass is 531 g/mol. The number of amidine groups is 1. The lowest BCUT2D eigenvalue weighted by molar-refractivity contribution is -0.144. The van der Waals surface area contributed by atoms with Crippen molar-refractivity contribution >= 4 is 17.7 Å². The molecule has 1 aromatic rings. The number of carbonyl (C=O) groups excluding carboxylic acids is 1. The van der Waals surface area contributed by atoms with Gasteiger partial charge in [0.05, 0.1) is 39.5 Å². The van der Waals surface area contributed by atoms with Crippen LogP contribution in [0.4, 0.5) is 0 Å². The third-order valence-corrected chi connectivity index (χ3v) is 8.17. The van der Waals surface area contributed by atoms with Crippen molar-refractivity contribution < 1.29 is 39.5 Å². The molecule has 5 atom stereocenters. The van der Waals surface area contributed by atoms with Gasteiger partial charge in [0.15, 0.2) is 17.6 Å². The van der Waals surface area contributed by atoms with Crippen LogP contribution in [0.25, 0.3) is 0 Å². The van der Waals surface area contributed by atoms with Gasteiger partial charge in [-0.25, -0.2) is 0 Å². The van der Waals surface area contributed by atoms with Crippen LogP contribution < -0.4 is 9.47 Å². The van der Waals surface area contributed by atoms with Gasteiger partial charge >= 0.3 is 5.97 Å². The molecule has 3 heterocycles. The first-order valence-corrected chi connectivity index (χ1v) is 12.7. The minimum atomic E-state index is -1.50. The third kappa shape index (κ3) is 5.10. The van der Waals surface area contributed by atoms with E-state index in [0.29, 0.717) is 24.6 Å². The van der Waals surface area contributed by atoms with Crippen LogP contribution in [-0.4, -0.2) is 113 Å². The number of hydrogen-bond donors (Lipinski definition) is 4. The number of aliphatic hydroxyl groups excluding tert-OH is 3. The van der Waals surface area contributed by atoms with Crippen LogP contribution in [0.2, 0.25) is 0 Å². The van der Waals surface area contributed by atoms with Gasteiger partial charge in [0.1, 0.15) is 17.4 Å². The zero-order valence-corrected chi connectivity index (χ0v) is 22.2. The number of dihydropyridines is 1. The number of aliphatic carboxylic acids is 1. The van der Waals surface area contributed by atoms with Gasteiger partial charge in [-0.2, -0.15) is 0 Å². The Morgan fingerprint density at radius 3 is 2.45 bits per heavy atom. The zero-order valence-electron chi connectivity index (χ0n) is 22.2. The van der Waals surface area contributed by atoms with Crippen molar-refractivity contribution in [3.8, 4) is 11.5 Å². The highest BCUT2D eigenvalue weighted by molar-refractivity contribution is 5.96. The van der Waals surface area contributed by atoms with Crippen molar-refractivity contribution in [3.05, 3.63) is 35.9 Å². The van der Waals surface area contributed by atoms with E-state index in [1.54, 1.807) is 39.2 Å². The molecule has 11 heteroatoms. The first-order chi connectivity index (χ1) is 17.9. The van der Waals surface area contributed by atoms with Crippen LogP contribution in [-0.2, 0) is 9.59 Å². The van der Waals surface area contributed by atoms with Crippen LogP contribution in [0.5, 0.6) is 11.5 Å². The number of amides is 1. The predicted octanol–water partition coefficient (Wildman–Crippen LogP) is 0.484. The lowest BCUT2D eigenvalue weighted by Crippen LogP contribution is -2.56. The Morgan fingerprint density at radius 2 is 1.89 bits per heavy atom. The molecule has 0 bridgehead atoms. The number of nitrogens with zero attached hydrogens (tertiary/aromatic N) is 3. The topological polar surface area (TPSA) is 152 Å². The highest BCUT2D eigenvalue weighted by Gasteiger charge is 2.49. The molecule has 1 aromatic carbocycles. The number of methoxy groups -OCH3 is 1. The maximum atomic E-state index is 12.6. The van der Waals surface area contributed by atoms with Crippen molar-refractivity contribution in [1.82, 2.24) is 9.80 Å². The average molecular weight is 532 g/mol. The maximum Gasteiger partial charge on any atom is 0.315 e. The second-order valence-electron chi connectivity index (χ2n) is 10.9. The molecule has 38 heavy (non-hydrogen) atoms. The molecular weight excluding hydrogens is 494 g/mol. The molecule has 0 saturated carbocycles. The average Bonchev–Trinajstić information content (AvgIpc) is 3.24. The van der Waals surface area contributed by atoms with Crippen molar-refractivity contribution in [2.75, 3.05) is 46.4 Å². The Balaban J connectivity index is 1.48. The standard InChI is InChI=1S/C27H37N3O8/c1-16(32)27(3)15-30(24(34)20(33)13-31)12-19(27)17-5-6-21(37-4)22(9-17)38-18-10-29(11-18)23-7-8-26(2,14-28-23)25(35)36/h5-9,16,18-20,31-33H,10-15H2,1-4H3,(H,35,36)/t16-,19+,20+,26?,27+/m1/s1. The molecule has 11 nitrogen and oxygen atoms in total. The first kappa shape index (κ1) is 27.9. The molecule has 3 aliphatic heterocycles. The summed E-state index contributed by atoms with van der Waals surface area (Å²) in [7, 11) is 1.56. The fourth-order valence-corrected chi connectivity index (χ4v) is 5.22. The molecule has 4 rings (SSSR count). The summed E-state index contributed by atoms with van der Waals surface area (Å²) in [5.41, 5.74) is -0.809. The molecule has 208 valence electrons. The van der Waals surface area contributed by atoms with Gasteiger partial charge in [-0.05, 0) is 37.6 Å². The third-order valence-electron chi connectivity index (χ3n) is 8.17. The van der Waals surface area contributed by atoms with Crippen molar-refractivity contribution in [1.29, 1.82) is 0 Å². The van der Waals surface area contributed by atoms with Gasteiger partial charge in [0, 0.05) is 24.4 Å². The van der Waals surface area contributed by atoms with Crippen LogP contribution in [0.3, 0.4) is 0 Å². The molecule has 0 spiro atoms. The summed E-state index contributed by atoms with van der Waals surface area (Å²) in [6.07, 6.45) is 1.05. The second-order valence-corrected chi connectivity index (χ2v) is 10.9. The van der Waals surface area contributed by atoms with E-state index in [2.05, 4.69) is 4.99 Å². The van der Waals surface area contributed by atoms with Crippen molar-refractivity contribution in [2.45, 2.75) is 45.0 Å². The van der Waals surface area contributed by atoms with Crippen LogP contribution >= 0.6 is 0 Å². The maximum absolute atomic E-state index is 12.6. The number of likely N-dealkylation sites (tertiary alicyclic amines) is 2. The van der Waals surface area contributed by atoms with E-state index in [1.807, 2.05) is 24.0 Å². The second kappa shape index (κ2) is 10.5. The normalized spacial score (nSPS) is 28.9. The van der Waals surface area contributed by atoms with E-state index < -0.39 is 41.5 Å². The summed E-state index contributed by atoms with van der Waals surface area (Å²) in [4.78, 5) is 32.0. The molecule has 0 aliphatic carbocycles. The summed E-state index contributed by atoms with van der Waals surface area (Å²) in [6.45, 7) is 6.44. The molecule has 1 amide bonds. The Hall–Kier alpha value is -3.15. The number of carbonyl (C=O) groups is 2. The lowest BCUT2D eigenvalue weighted by Gasteiger charge is -2.41. The van der Waals surface area contributed by atoms with E-state index in [1.165, 1.54) is 4.90 Å². The van der Waals surface area contributed by atoms with E-state index in [-0.39, 0.29) is 31.7 Å². The number of carboxylic acid groups (broad SMARTS) is 1. The van der Waals surface area contributed by atoms with E-state index in [0.717, 1.165) is 11.4 Å². The molecule has 3 aliphatic rings. The minimum Gasteiger partial charge on any atom is -0.493 e. The van der Waals surface area contributed by atoms with Gasteiger partial charge in [0.2, 0.25) is 0 Å². The van der Waals surface area contributed by atoms with Crippen LogP contribution in [0.15, 0.2) is 35.3 Å². The summed E-state index contributed by atoms with van der Waals surface area (Å²) in [6, 6.07) is 5.57. The molecule has 2 fully saturated rings. The smallest absolute Gasteiger partial charge is 0.315 e. The quantitative estimate of drug-likeness (QED) is 0.375. The van der Waals surface area contributed by atoms with E-state index in [9.17, 15) is 30.0 Å².